The third-order valence-electron chi connectivity index (χ3n) is 5.98. The first-order valence-electron chi connectivity index (χ1n) is 11.4. The molecule has 1 fully saturated rings. The quantitative estimate of drug-likeness (QED) is 0.647. The van der Waals surface area contributed by atoms with E-state index in [4.69, 9.17) is 0 Å². The number of carbonyl (C=O) groups is 2. The topological polar surface area (TPSA) is 62.3 Å². The first-order valence-corrected chi connectivity index (χ1v) is 11.4. The largest absolute Gasteiger partial charge is 0.352 e. The van der Waals surface area contributed by atoms with Crippen LogP contribution in [0.15, 0.2) is 61.4 Å². The number of amides is 2. The molecule has 1 aromatic heterocycles. The molecule has 3 rings (SSSR count). The van der Waals surface area contributed by atoms with E-state index in [2.05, 4.69) is 55.9 Å². The Morgan fingerprint density at radius 2 is 1.94 bits per heavy atom. The van der Waals surface area contributed by atoms with E-state index >= 15 is 0 Å². The Hall–Kier alpha value is -2.95. The normalized spacial score (nSPS) is 18.8. The van der Waals surface area contributed by atoms with Gasteiger partial charge in [-0.15, -0.1) is 6.58 Å². The van der Waals surface area contributed by atoms with Crippen LogP contribution in [-0.4, -0.2) is 41.3 Å². The molecule has 1 aliphatic rings. The van der Waals surface area contributed by atoms with Gasteiger partial charge in [-0.2, -0.15) is 0 Å². The highest BCUT2D eigenvalue weighted by Crippen LogP contribution is 2.36. The average Bonchev–Trinajstić information content (AvgIpc) is 2.77. The van der Waals surface area contributed by atoms with Crippen molar-refractivity contribution in [1.82, 2.24) is 15.2 Å². The predicted octanol–water partition coefficient (Wildman–Crippen LogP) is 4.64. The van der Waals surface area contributed by atoms with Crippen LogP contribution in [-0.2, 0) is 16.0 Å². The van der Waals surface area contributed by atoms with Gasteiger partial charge >= 0.3 is 0 Å². The zero-order chi connectivity index (χ0) is 23.2. The van der Waals surface area contributed by atoms with Gasteiger partial charge in [-0.3, -0.25) is 14.6 Å². The Morgan fingerprint density at radius 1 is 1.19 bits per heavy atom. The molecule has 0 aliphatic carbocycles. The van der Waals surface area contributed by atoms with Crippen LogP contribution in [0.25, 0.3) is 11.1 Å². The number of benzene rings is 1. The van der Waals surface area contributed by atoms with Crippen LogP contribution in [0.2, 0.25) is 0 Å². The number of aromatic nitrogens is 1. The van der Waals surface area contributed by atoms with Gasteiger partial charge in [0.25, 0.3) is 0 Å². The molecule has 0 radical (unpaired) electrons. The van der Waals surface area contributed by atoms with E-state index in [1.807, 2.05) is 23.1 Å². The molecule has 0 unspecified atom stereocenters. The van der Waals surface area contributed by atoms with E-state index < -0.39 is 5.41 Å². The van der Waals surface area contributed by atoms with Gasteiger partial charge in [0.05, 0.1) is 5.41 Å². The summed E-state index contributed by atoms with van der Waals surface area (Å²) in [6.07, 6.45) is 7.92. The van der Waals surface area contributed by atoms with Crippen LogP contribution >= 0.6 is 0 Å². The lowest BCUT2D eigenvalue weighted by Gasteiger charge is -2.42. The molecule has 5 nitrogen and oxygen atoms in total. The Bertz CT molecular complexity index is 949. The highest BCUT2D eigenvalue weighted by Gasteiger charge is 2.43. The molecule has 1 saturated heterocycles. The number of hydrogen-bond donors (Lipinski definition) is 1. The van der Waals surface area contributed by atoms with E-state index in [0.717, 1.165) is 29.5 Å². The van der Waals surface area contributed by atoms with Crippen molar-refractivity contribution in [2.75, 3.05) is 19.6 Å². The van der Waals surface area contributed by atoms with Gasteiger partial charge in [0.2, 0.25) is 11.8 Å². The number of hydrogen-bond acceptors (Lipinski definition) is 3. The molecular weight excluding hydrogens is 398 g/mol. The van der Waals surface area contributed by atoms with Gasteiger partial charge in [-0.25, -0.2) is 0 Å². The van der Waals surface area contributed by atoms with Gasteiger partial charge in [-0.05, 0) is 53.5 Å². The van der Waals surface area contributed by atoms with Crippen molar-refractivity contribution in [3.05, 3.63) is 67.0 Å². The molecule has 2 heterocycles. The van der Waals surface area contributed by atoms with Crippen LogP contribution in [0.1, 0.15) is 45.6 Å². The summed E-state index contributed by atoms with van der Waals surface area (Å²) in [4.78, 5) is 32.4. The van der Waals surface area contributed by atoms with Crippen molar-refractivity contribution in [2.45, 2.75) is 46.5 Å². The number of nitrogens with zero attached hydrogens (tertiary/aromatic N) is 2. The molecule has 1 atom stereocenters. The van der Waals surface area contributed by atoms with Crippen molar-refractivity contribution in [3.8, 4) is 11.1 Å². The van der Waals surface area contributed by atoms with Crippen LogP contribution < -0.4 is 5.32 Å². The Balaban J connectivity index is 1.88. The lowest BCUT2D eigenvalue weighted by Crippen LogP contribution is -2.54. The van der Waals surface area contributed by atoms with E-state index in [0.29, 0.717) is 32.5 Å². The molecule has 32 heavy (non-hydrogen) atoms. The van der Waals surface area contributed by atoms with Gasteiger partial charge < -0.3 is 10.2 Å². The number of piperidine rings is 1. The summed E-state index contributed by atoms with van der Waals surface area (Å²) in [7, 11) is 0. The summed E-state index contributed by atoms with van der Waals surface area (Å²) in [5.41, 5.74) is 2.56. The number of likely N-dealkylation sites (tertiary alicyclic amines) is 1. The molecule has 0 saturated carbocycles. The van der Waals surface area contributed by atoms with Gasteiger partial charge in [-0.1, -0.05) is 51.1 Å². The second-order valence-electron chi connectivity index (χ2n) is 10.0. The SMILES string of the molecule is C=CCNC(=O)[C@@]1(Cc2cccc(-c3ccncc3)c2)CCCN(C(=O)CC(C)(C)C)C1. The van der Waals surface area contributed by atoms with Crippen LogP contribution in [0.4, 0.5) is 0 Å². The smallest absolute Gasteiger partial charge is 0.228 e. The lowest BCUT2D eigenvalue weighted by atomic mass is 9.73. The second kappa shape index (κ2) is 10.1. The molecule has 5 heteroatoms. The fourth-order valence-electron chi connectivity index (χ4n) is 4.47. The second-order valence-corrected chi connectivity index (χ2v) is 10.0. The van der Waals surface area contributed by atoms with Crippen LogP contribution in [0.5, 0.6) is 0 Å². The van der Waals surface area contributed by atoms with E-state index in [9.17, 15) is 9.59 Å². The van der Waals surface area contributed by atoms with E-state index in [1.165, 1.54) is 0 Å². The molecule has 1 N–H and O–H groups in total. The summed E-state index contributed by atoms with van der Waals surface area (Å²) in [6, 6.07) is 12.3. The highest BCUT2D eigenvalue weighted by molar-refractivity contribution is 5.85. The molecule has 2 amide bonds. The zero-order valence-corrected chi connectivity index (χ0v) is 19.6. The Morgan fingerprint density at radius 3 is 2.62 bits per heavy atom. The number of pyridine rings is 1. The number of nitrogens with one attached hydrogen (secondary N) is 1. The summed E-state index contributed by atoms with van der Waals surface area (Å²) >= 11 is 0. The monoisotopic (exact) mass is 433 g/mol. The zero-order valence-electron chi connectivity index (χ0n) is 19.6. The van der Waals surface area contributed by atoms with Crippen molar-refractivity contribution in [2.24, 2.45) is 10.8 Å². The van der Waals surface area contributed by atoms with E-state index in [-0.39, 0.29) is 17.2 Å². The highest BCUT2D eigenvalue weighted by atomic mass is 16.2. The predicted molar refractivity (Wildman–Crippen MR) is 129 cm³/mol. The summed E-state index contributed by atoms with van der Waals surface area (Å²) < 4.78 is 0. The maximum absolute atomic E-state index is 13.4. The van der Waals surface area contributed by atoms with Crippen molar-refractivity contribution >= 4 is 11.8 Å². The third kappa shape index (κ3) is 6.06. The van der Waals surface area contributed by atoms with Crippen molar-refractivity contribution < 1.29 is 9.59 Å². The lowest BCUT2D eigenvalue weighted by molar-refractivity contribution is -0.142. The van der Waals surface area contributed by atoms with Crippen molar-refractivity contribution in [3.63, 3.8) is 0 Å². The first kappa shape index (κ1) is 23.7. The fourth-order valence-corrected chi connectivity index (χ4v) is 4.47. The Kier molecular flexibility index (Phi) is 7.49. The minimum atomic E-state index is -0.647. The van der Waals surface area contributed by atoms with Gasteiger partial charge in [0.1, 0.15) is 0 Å². The third-order valence-corrected chi connectivity index (χ3v) is 5.98. The van der Waals surface area contributed by atoms with Crippen molar-refractivity contribution in [1.29, 1.82) is 0 Å². The number of carbonyl (C=O) groups excluding carboxylic acids is 2. The molecule has 0 spiro atoms. The minimum absolute atomic E-state index is 0.0000251. The molecule has 170 valence electrons. The summed E-state index contributed by atoms with van der Waals surface area (Å²) in [5.74, 6) is 0.128. The molecule has 0 bridgehead atoms. The van der Waals surface area contributed by atoms with Crippen LogP contribution in [0, 0.1) is 10.8 Å². The fraction of sp³-hybridized carbons (Fsp3) is 0.444. The maximum Gasteiger partial charge on any atom is 0.228 e. The first-order chi connectivity index (χ1) is 15.2. The summed E-state index contributed by atoms with van der Waals surface area (Å²) in [6.45, 7) is 11.5. The minimum Gasteiger partial charge on any atom is -0.352 e. The Labute approximate surface area is 191 Å². The molecule has 1 aromatic carbocycles. The molecule has 1 aliphatic heterocycles. The average molecular weight is 434 g/mol. The molecular formula is C27H35N3O2. The standard InChI is InChI=1S/C27H35N3O2/c1-5-13-29-25(32)27(12-7-16-30(20-27)24(31)19-26(2,3)4)18-21-8-6-9-23(17-21)22-10-14-28-15-11-22/h5-6,8-11,14-15,17H,1,7,12-13,16,18-20H2,2-4H3,(H,29,32)/t27-/m1/s1. The van der Waals surface area contributed by atoms with Gasteiger partial charge in [0.15, 0.2) is 0 Å². The summed E-state index contributed by atoms with van der Waals surface area (Å²) in [5, 5.41) is 3.01. The van der Waals surface area contributed by atoms with E-state index in [1.54, 1.807) is 18.5 Å². The maximum atomic E-state index is 13.4. The molecule has 2 aromatic rings. The van der Waals surface area contributed by atoms with Gasteiger partial charge in [0, 0.05) is 38.4 Å². The van der Waals surface area contributed by atoms with Crippen LogP contribution in [0.3, 0.4) is 0 Å². The number of rotatable bonds is 7.